The first-order valence-electron chi connectivity index (χ1n) is 6.04. The molecule has 0 aliphatic heterocycles. The second kappa shape index (κ2) is 5.17. The molecule has 0 bridgehead atoms. The van der Waals surface area contributed by atoms with E-state index in [0.29, 0.717) is 16.0 Å². The van der Waals surface area contributed by atoms with E-state index in [1.54, 1.807) is 7.11 Å². The second-order valence-electron chi connectivity index (χ2n) is 5.10. The maximum Gasteiger partial charge on any atom is 0.0651 e. The Labute approximate surface area is 113 Å². The summed E-state index contributed by atoms with van der Waals surface area (Å²) < 4.78 is 5.56. The molecule has 1 fully saturated rings. The maximum atomic E-state index is 6.06. The van der Waals surface area contributed by atoms with E-state index in [1.807, 2.05) is 12.1 Å². The first-order valence-corrected chi connectivity index (χ1v) is 6.80. The Kier molecular flexibility index (Phi) is 4.02. The Balaban J connectivity index is 2.08. The number of methoxy groups -OCH3 is 1. The van der Waals surface area contributed by atoms with Gasteiger partial charge in [-0.3, -0.25) is 0 Å². The molecule has 0 N–H and O–H groups in total. The van der Waals surface area contributed by atoms with E-state index in [1.165, 1.54) is 5.56 Å². The zero-order valence-corrected chi connectivity index (χ0v) is 11.8. The third-order valence-corrected chi connectivity index (χ3v) is 4.69. The summed E-state index contributed by atoms with van der Waals surface area (Å²) in [6, 6.07) is 5.99. The van der Waals surface area contributed by atoms with Gasteiger partial charge in [-0.25, -0.2) is 0 Å². The summed E-state index contributed by atoms with van der Waals surface area (Å²) in [5.74, 6) is 0.591. The van der Waals surface area contributed by atoms with Crippen LogP contribution in [-0.2, 0) is 4.74 Å². The van der Waals surface area contributed by atoms with Gasteiger partial charge in [-0.1, -0.05) is 29.3 Å². The minimum Gasteiger partial charge on any atom is -0.379 e. The fraction of sp³-hybridized carbons (Fsp3) is 0.571. The van der Waals surface area contributed by atoms with Crippen molar-refractivity contribution in [2.75, 3.05) is 7.11 Å². The van der Waals surface area contributed by atoms with Gasteiger partial charge in [-0.05, 0) is 56.2 Å². The molecular weight excluding hydrogens is 255 g/mol. The second-order valence-corrected chi connectivity index (χ2v) is 5.92. The predicted octanol–water partition coefficient (Wildman–Crippen LogP) is 5.06. The molecule has 2 rings (SSSR count). The van der Waals surface area contributed by atoms with E-state index in [9.17, 15) is 0 Å². The molecule has 0 aromatic heterocycles. The number of hydrogen-bond acceptors (Lipinski definition) is 1. The van der Waals surface area contributed by atoms with Crippen molar-refractivity contribution in [3.8, 4) is 0 Å². The third kappa shape index (κ3) is 2.96. The van der Waals surface area contributed by atoms with Gasteiger partial charge in [0.2, 0.25) is 0 Å². The summed E-state index contributed by atoms with van der Waals surface area (Å²) >= 11 is 12.0. The van der Waals surface area contributed by atoms with Crippen LogP contribution in [-0.4, -0.2) is 12.7 Å². The van der Waals surface area contributed by atoms with Crippen LogP contribution in [0.25, 0.3) is 0 Å². The quantitative estimate of drug-likeness (QED) is 0.732. The Morgan fingerprint density at radius 2 is 1.82 bits per heavy atom. The van der Waals surface area contributed by atoms with Crippen molar-refractivity contribution in [2.24, 2.45) is 0 Å². The lowest BCUT2D eigenvalue weighted by Crippen LogP contribution is -2.32. The van der Waals surface area contributed by atoms with Crippen LogP contribution in [0.1, 0.15) is 44.1 Å². The van der Waals surface area contributed by atoms with Crippen molar-refractivity contribution in [3.05, 3.63) is 33.8 Å². The van der Waals surface area contributed by atoms with Crippen molar-refractivity contribution in [1.82, 2.24) is 0 Å². The van der Waals surface area contributed by atoms with Crippen molar-refractivity contribution in [1.29, 1.82) is 0 Å². The van der Waals surface area contributed by atoms with Crippen LogP contribution in [0.5, 0.6) is 0 Å². The predicted molar refractivity (Wildman–Crippen MR) is 73.1 cm³/mol. The lowest BCUT2D eigenvalue weighted by atomic mass is 9.77. The van der Waals surface area contributed by atoms with Gasteiger partial charge >= 0.3 is 0 Å². The third-order valence-electron chi connectivity index (χ3n) is 3.95. The van der Waals surface area contributed by atoms with E-state index in [0.717, 1.165) is 25.7 Å². The minimum absolute atomic E-state index is 0.0622. The highest BCUT2D eigenvalue weighted by Crippen LogP contribution is 2.40. The van der Waals surface area contributed by atoms with Crippen LogP contribution in [0.15, 0.2) is 18.2 Å². The topological polar surface area (TPSA) is 9.23 Å². The number of hydrogen-bond donors (Lipinski definition) is 0. The number of ether oxygens (including phenoxy) is 1. The van der Waals surface area contributed by atoms with Crippen molar-refractivity contribution in [2.45, 2.75) is 44.1 Å². The fourth-order valence-electron chi connectivity index (χ4n) is 2.53. The van der Waals surface area contributed by atoms with Crippen molar-refractivity contribution < 1.29 is 4.74 Å². The molecule has 94 valence electrons. The largest absolute Gasteiger partial charge is 0.379 e. The van der Waals surface area contributed by atoms with Crippen LogP contribution in [0, 0.1) is 0 Å². The molecule has 0 spiro atoms. The number of benzene rings is 1. The molecule has 3 heteroatoms. The van der Waals surface area contributed by atoms with Gasteiger partial charge in [-0.2, -0.15) is 0 Å². The Bertz CT molecular complexity index is 395. The van der Waals surface area contributed by atoms with Gasteiger partial charge in [-0.15, -0.1) is 0 Å². The van der Waals surface area contributed by atoms with Crippen LogP contribution >= 0.6 is 23.2 Å². The standard InChI is InChI=1S/C14H18Cl2O/c1-14(17-2)7-5-10(6-8-14)11-3-4-12(15)13(16)9-11/h3-4,9-10H,5-8H2,1-2H3. The normalized spacial score (nSPS) is 29.3. The molecule has 1 aromatic rings. The molecule has 1 aliphatic carbocycles. The molecule has 0 unspecified atom stereocenters. The van der Waals surface area contributed by atoms with Crippen LogP contribution in [0.2, 0.25) is 10.0 Å². The summed E-state index contributed by atoms with van der Waals surface area (Å²) in [6.07, 6.45) is 4.52. The highest BCUT2D eigenvalue weighted by atomic mass is 35.5. The van der Waals surface area contributed by atoms with Crippen LogP contribution in [0.3, 0.4) is 0 Å². The zero-order chi connectivity index (χ0) is 12.5. The fourth-order valence-corrected chi connectivity index (χ4v) is 2.84. The van der Waals surface area contributed by atoms with Gasteiger partial charge < -0.3 is 4.74 Å². The van der Waals surface area contributed by atoms with E-state index in [-0.39, 0.29) is 5.60 Å². The van der Waals surface area contributed by atoms with E-state index >= 15 is 0 Å². The maximum absolute atomic E-state index is 6.06. The van der Waals surface area contributed by atoms with E-state index in [4.69, 9.17) is 27.9 Å². The number of halogens is 2. The average Bonchev–Trinajstić information content (AvgIpc) is 2.34. The highest BCUT2D eigenvalue weighted by molar-refractivity contribution is 6.42. The molecule has 1 saturated carbocycles. The van der Waals surface area contributed by atoms with Crippen molar-refractivity contribution in [3.63, 3.8) is 0 Å². The minimum atomic E-state index is 0.0622. The summed E-state index contributed by atoms with van der Waals surface area (Å²) in [7, 11) is 1.81. The first-order chi connectivity index (χ1) is 8.04. The Morgan fingerprint density at radius 1 is 1.18 bits per heavy atom. The van der Waals surface area contributed by atoms with Gasteiger partial charge in [0.25, 0.3) is 0 Å². The lowest BCUT2D eigenvalue weighted by molar-refractivity contribution is -0.0271. The van der Waals surface area contributed by atoms with E-state index < -0.39 is 0 Å². The SMILES string of the molecule is COC1(C)CCC(c2ccc(Cl)c(Cl)c2)CC1. The summed E-state index contributed by atoms with van der Waals surface area (Å²) in [5.41, 5.74) is 1.37. The molecule has 0 atom stereocenters. The van der Waals surface area contributed by atoms with Gasteiger partial charge in [0.15, 0.2) is 0 Å². The molecule has 0 amide bonds. The van der Waals surface area contributed by atoms with E-state index in [2.05, 4.69) is 13.0 Å². The molecule has 17 heavy (non-hydrogen) atoms. The van der Waals surface area contributed by atoms with Gasteiger partial charge in [0.05, 0.1) is 15.6 Å². The van der Waals surface area contributed by atoms with Crippen LogP contribution < -0.4 is 0 Å². The summed E-state index contributed by atoms with van der Waals surface area (Å²) in [6.45, 7) is 2.19. The molecule has 0 saturated heterocycles. The highest BCUT2D eigenvalue weighted by Gasteiger charge is 2.31. The van der Waals surface area contributed by atoms with Crippen molar-refractivity contribution >= 4 is 23.2 Å². The molecule has 1 nitrogen and oxygen atoms in total. The first kappa shape index (κ1) is 13.2. The Morgan fingerprint density at radius 3 is 2.35 bits per heavy atom. The molecular formula is C14H18Cl2O. The zero-order valence-electron chi connectivity index (χ0n) is 10.3. The monoisotopic (exact) mass is 272 g/mol. The Hall–Kier alpha value is -0.240. The lowest BCUT2D eigenvalue weighted by Gasteiger charge is -2.36. The molecule has 0 radical (unpaired) electrons. The summed E-state index contributed by atoms with van der Waals surface area (Å²) in [4.78, 5) is 0. The van der Waals surface area contributed by atoms with Crippen LogP contribution in [0.4, 0.5) is 0 Å². The molecule has 0 heterocycles. The molecule has 1 aromatic carbocycles. The average molecular weight is 273 g/mol. The van der Waals surface area contributed by atoms with Gasteiger partial charge in [0.1, 0.15) is 0 Å². The molecule has 1 aliphatic rings. The number of rotatable bonds is 2. The van der Waals surface area contributed by atoms with Gasteiger partial charge in [0, 0.05) is 7.11 Å². The summed E-state index contributed by atoms with van der Waals surface area (Å²) in [5, 5.41) is 1.29. The smallest absolute Gasteiger partial charge is 0.0651 e.